The molecule has 5 nitrogen and oxygen atoms in total. The minimum atomic E-state index is -0.368. The molecule has 0 aliphatic rings. The smallest absolute Gasteiger partial charge is 0.271 e. The van der Waals surface area contributed by atoms with Crippen molar-refractivity contribution in [3.8, 4) is 0 Å². The van der Waals surface area contributed by atoms with E-state index in [1.807, 2.05) is 6.92 Å². The molecule has 0 heterocycles. The predicted octanol–water partition coefficient (Wildman–Crippen LogP) is 4.50. The summed E-state index contributed by atoms with van der Waals surface area (Å²) in [5.41, 5.74) is 4.13. The van der Waals surface area contributed by atoms with Gasteiger partial charge >= 0.3 is 0 Å². The molecule has 0 aliphatic carbocycles. The molecule has 0 atom stereocenters. The van der Waals surface area contributed by atoms with Crippen LogP contribution in [0.1, 0.15) is 35.7 Å². The largest absolute Gasteiger partial charge is 0.326 e. The molecule has 2 aromatic rings. The number of halogens is 2. The highest BCUT2D eigenvalue weighted by molar-refractivity contribution is 6.36. The number of hydrazone groups is 1. The zero-order valence-corrected chi connectivity index (χ0v) is 15.1. The fourth-order valence-corrected chi connectivity index (χ4v) is 2.44. The molecule has 0 bridgehead atoms. The maximum Gasteiger partial charge on any atom is 0.271 e. The third-order valence-corrected chi connectivity index (χ3v) is 3.80. The Labute approximate surface area is 156 Å². The Morgan fingerprint density at radius 1 is 1.12 bits per heavy atom. The van der Waals surface area contributed by atoms with E-state index in [2.05, 4.69) is 15.8 Å². The van der Waals surface area contributed by atoms with Crippen molar-refractivity contribution < 1.29 is 9.59 Å². The molecule has 0 saturated heterocycles. The van der Waals surface area contributed by atoms with Crippen LogP contribution in [0.2, 0.25) is 10.0 Å². The molecular weight excluding hydrogens is 361 g/mol. The van der Waals surface area contributed by atoms with E-state index in [0.29, 0.717) is 33.3 Å². The molecule has 2 rings (SSSR count). The maximum absolute atomic E-state index is 12.0. The van der Waals surface area contributed by atoms with Crippen molar-refractivity contribution in [2.24, 2.45) is 5.10 Å². The summed E-state index contributed by atoms with van der Waals surface area (Å²) >= 11 is 11.8. The minimum Gasteiger partial charge on any atom is -0.326 e. The molecule has 2 amide bonds. The number of benzene rings is 2. The van der Waals surface area contributed by atoms with Gasteiger partial charge in [0.05, 0.1) is 11.2 Å². The Morgan fingerprint density at radius 2 is 1.84 bits per heavy atom. The lowest BCUT2D eigenvalue weighted by Gasteiger charge is -2.05. The van der Waals surface area contributed by atoms with Gasteiger partial charge in [-0.15, -0.1) is 0 Å². The summed E-state index contributed by atoms with van der Waals surface area (Å²) in [6.45, 7) is 1.94. The van der Waals surface area contributed by atoms with Crippen molar-refractivity contribution in [2.75, 3.05) is 5.32 Å². The Morgan fingerprint density at radius 3 is 2.48 bits per heavy atom. The van der Waals surface area contributed by atoms with Crippen LogP contribution < -0.4 is 10.7 Å². The molecule has 0 aromatic heterocycles. The standard InChI is InChI=1S/C18H17Cl2N3O2/c1-2-3-17(24)22-15-8-5-12(6-9-15)18(25)23-21-11-13-4-7-14(19)10-16(13)20/h4-11H,2-3H2,1H3,(H,22,24)(H,23,25). The average Bonchev–Trinajstić information content (AvgIpc) is 2.57. The van der Waals surface area contributed by atoms with Crippen LogP contribution in [0.5, 0.6) is 0 Å². The first-order valence-electron chi connectivity index (χ1n) is 7.68. The van der Waals surface area contributed by atoms with Gasteiger partial charge in [-0.3, -0.25) is 9.59 Å². The summed E-state index contributed by atoms with van der Waals surface area (Å²) in [7, 11) is 0. The van der Waals surface area contributed by atoms with Crippen LogP contribution in [0, 0.1) is 0 Å². The molecule has 2 N–H and O–H groups in total. The zero-order valence-electron chi connectivity index (χ0n) is 13.6. The maximum atomic E-state index is 12.0. The monoisotopic (exact) mass is 377 g/mol. The second-order valence-electron chi connectivity index (χ2n) is 5.24. The lowest BCUT2D eigenvalue weighted by atomic mass is 10.2. The van der Waals surface area contributed by atoms with E-state index in [1.54, 1.807) is 42.5 Å². The highest BCUT2D eigenvalue weighted by Gasteiger charge is 2.06. The first-order valence-corrected chi connectivity index (χ1v) is 8.43. The summed E-state index contributed by atoms with van der Waals surface area (Å²) in [6, 6.07) is 11.5. The average molecular weight is 378 g/mol. The summed E-state index contributed by atoms with van der Waals surface area (Å²) < 4.78 is 0. The highest BCUT2D eigenvalue weighted by Crippen LogP contribution is 2.19. The van der Waals surface area contributed by atoms with Crippen LogP contribution in [0.15, 0.2) is 47.6 Å². The fraction of sp³-hybridized carbons (Fsp3) is 0.167. The second-order valence-corrected chi connectivity index (χ2v) is 6.08. The number of hydrogen-bond donors (Lipinski definition) is 2. The van der Waals surface area contributed by atoms with Crippen molar-refractivity contribution in [1.82, 2.24) is 5.43 Å². The molecule has 0 fully saturated rings. The number of nitrogens with one attached hydrogen (secondary N) is 2. The van der Waals surface area contributed by atoms with Gasteiger partial charge in [0.25, 0.3) is 5.91 Å². The number of carbonyl (C=O) groups is 2. The van der Waals surface area contributed by atoms with E-state index < -0.39 is 0 Å². The van der Waals surface area contributed by atoms with Crippen LogP contribution in [0.3, 0.4) is 0 Å². The van der Waals surface area contributed by atoms with Gasteiger partial charge in [-0.1, -0.05) is 36.2 Å². The van der Waals surface area contributed by atoms with Gasteiger partial charge in [-0.05, 0) is 42.8 Å². The van der Waals surface area contributed by atoms with Crippen molar-refractivity contribution in [3.05, 3.63) is 63.6 Å². The second kappa shape index (κ2) is 9.20. The normalized spacial score (nSPS) is 10.7. The number of anilines is 1. The first kappa shape index (κ1) is 19.0. The quantitative estimate of drug-likeness (QED) is 0.574. The van der Waals surface area contributed by atoms with Gasteiger partial charge in [0.2, 0.25) is 5.91 Å². The van der Waals surface area contributed by atoms with Gasteiger partial charge in [-0.25, -0.2) is 5.43 Å². The summed E-state index contributed by atoms with van der Waals surface area (Å²) in [5.74, 6) is -0.420. The van der Waals surface area contributed by atoms with Crippen molar-refractivity contribution in [2.45, 2.75) is 19.8 Å². The van der Waals surface area contributed by atoms with Gasteiger partial charge in [0.15, 0.2) is 0 Å². The molecule has 0 radical (unpaired) electrons. The predicted molar refractivity (Wildman–Crippen MR) is 102 cm³/mol. The van der Waals surface area contributed by atoms with Gasteiger partial charge < -0.3 is 5.32 Å². The van der Waals surface area contributed by atoms with Crippen LogP contribution in [0.25, 0.3) is 0 Å². The molecule has 25 heavy (non-hydrogen) atoms. The van der Waals surface area contributed by atoms with Crippen LogP contribution in [-0.4, -0.2) is 18.0 Å². The summed E-state index contributed by atoms with van der Waals surface area (Å²) in [5, 5.41) is 7.61. The minimum absolute atomic E-state index is 0.0517. The SMILES string of the molecule is CCCC(=O)Nc1ccc(C(=O)NN=Cc2ccc(Cl)cc2Cl)cc1. The molecule has 130 valence electrons. The molecule has 7 heteroatoms. The van der Waals surface area contributed by atoms with Crippen LogP contribution in [-0.2, 0) is 4.79 Å². The fourth-order valence-electron chi connectivity index (χ4n) is 1.99. The van der Waals surface area contributed by atoms with E-state index in [4.69, 9.17) is 23.2 Å². The van der Waals surface area contributed by atoms with E-state index in [-0.39, 0.29) is 11.8 Å². The molecule has 0 spiro atoms. The molecule has 2 aromatic carbocycles. The molecule has 0 unspecified atom stereocenters. The third-order valence-electron chi connectivity index (χ3n) is 3.24. The Hall–Kier alpha value is -2.37. The summed E-state index contributed by atoms with van der Waals surface area (Å²) in [6.07, 6.45) is 2.68. The van der Waals surface area contributed by atoms with E-state index in [0.717, 1.165) is 6.42 Å². The Balaban J connectivity index is 1.94. The number of amides is 2. The lowest BCUT2D eigenvalue weighted by molar-refractivity contribution is -0.116. The van der Waals surface area contributed by atoms with Crippen molar-refractivity contribution in [1.29, 1.82) is 0 Å². The van der Waals surface area contributed by atoms with E-state index in [9.17, 15) is 9.59 Å². The molecule has 0 saturated carbocycles. The zero-order chi connectivity index (χ0) is 18.2. The highest BCUT2D eigenvalue weighted by atomic mass is 35.5. The molecule has 0 aliphatic heterocycles. The number of nitrogens with zero attached hydrogens (tertiary/aromatic N) is 1. The first-order chi connectivity index (χ1) is 12.0. The number of carbonyl (C=O) groups excluding carboxylic acids is 2. The topological polar surface area (TPSA) is 70.6 Å². The Kier molecular flexibility index (Phi) is 6.98. The van der Waals surface area contributed by atoms with Gasteiger partial charge in [-0.2, -0.15) is 5.10 Å². The summed E-state index contributed by atoms with van der Waals surface area (Å²) in [4.78, 5) is 23.6. The van der Waals surface area contributed by atoms with E-state index >= 15 is 0 Å². The van der Waals surface area contributed by atoms with Gasteiger partial charge in [0.1, 0.15) is 0 Å². The van der Waals surface area contributed by atoms with Gasteiger partial charge in [0, 0.05) is 28.3 Å². The number of rotatable bonds is 6. The lowest BCUT2D eigenvalue weighted by Crippen LogP contribution is -2.17. The van der Waals surface area contributed by atoms with Crippen LogP contribution in [0.4, 0.5) is 5.69 Å². The third kappa shape index (κ3) is 5.89. The number of hydrogen-bond acceptors (Lipinski definition) is 3. The molecular formula is C18H17Cl2N3O2. The van der Waals surface area contributed by atoms with Crippen molar-refractivity contribution >= 4 is 46.9 Å². The van der Waals surface area contributed by atoms with Crippen molar-refractivity contribution in [3.63, 3.8) is 0 Å². The Bertz CT molecular complexity index is 789. The van der Waals surface area contributed by atoms with E-state index in [1.165, 1.54) is 6.21 Å². The van der Waals surface area contributed by atoms with Crippen LogP contribution >= 0.6 is 23.2 Å².